The van der Waals surface area contributed by atoms with Crippen molar-refractivity contribution >= 4 is 10.9 Å². The molecule has 0 spiro atoms. The number of nitrogens with zero attached hydrogens (tertiary/aromatic N) is 1. The van der Waals surface area contributed by atoms with Crippen molar-refractivity contribution in [2.45, 2.75) is 38.5 Å². The van der Waals surface area contributed by atoms with Crippen LogP contribution in [0, 0.1) is 0 Å². The number of fused-ring (bicyclic) bond motifs is 1. The summed E-state index contributed by atoms with van der Waals surface area (Å²) in [7, 11) is 0. The molecule has 0 radical (unpaired) electrons. The number of pyridine rings is 1. The molecule has 1 heterocycles. The number of hydrogen-bond donors (Lipinski definition) is 2. The average Bonchev–Trinajstić information content (AvgIpc) is 2.76. The molecular weight excluding hydrogens is 384 g/mol. The number of aromatic nitrogens is 1. The van der Waals surface area contributed by atoms with Gasteiger partial charge in [-0.25, -0.2) is 0 Å². The largest absolute Gasteiger partial charge is 0.393 e. The van der Waals surface area contributed by atoms with Crippen LogP contribution in [0.3, 0.4) is 0 Å². The van der Waals surface area contributed by atoms with Crippen molar-refractivity contribution in [2.75, 3.05) is 0 Å². The maximum atomic E-state index is 13.2. The van der Waals surface area contributed by atoms with Crippen LogP contribution in [0.5, 0.6) is 0 Å². The van der Waals surface area contributed by atoms with E-state index in [1.807, 2.05) is 84.3 Å². The van der Waals surface area contributed by atoms with Gasteiger partial charge in [-0.15, -0.1) is 0 Å². The zero-order valence-corrected chi connectivity index (χ0v) is 17.9. The Bertz CT molecular complexity index is 1220. The fraction of sp³-hybridized carbons (Fsp3) is 0.222. The number of rotatable bonds is 6. The number of aliphatic hydroxyl groups excluding tert-OH is 1. The first kappa shape index (κ1) is 21.0. The quantitative estimate of drug-likeness (QED) is 0.489. The molecule has 4 heteroatoms. The number of aliphatic hydroxyl groups is 1. The van der Waals surface area contributed by atoms with E-state index in [1.165, 1.54) is 0 Å². The Kier molecular flexibility index (Phi) is 6.03. The summed E-state index contributed by atoms with van der Waals surface area (Å²) in [6.45, 7) is 4.18. The highest BCUT2D eigenvalue weighted by Crippen LogP contribution is 2.32. The molecule has 3 N–H and O–H groups in total. The first-order chi connectivity index (χ1) is 15.0. The summed E-state index contributed by atoms with van der Waals surface area (Å²) in [5.74, 6) is -0.192. The fourth-order valence-electron chi connectivity index (χ4n) is 4.42. The maximum Gasteiger partial charge on any atom is 0.251 e. The lowest BCUT2D eigenvalue weighted by molar-refractivity contribution is 0.152. The zero-order chi connectivity index (χ0) is 22.0. The van der Waals surface area contributed by atoms with E-state index < -0.39 is 6.10 Å². The van der Waals surface area contributed by atoms with E-state index in [9.17, 15) is 9.90 Å². The van der Waals surface area contributed by atoms with Crippen molar-refractivity contribution in [3.8, 4) is 11.1 Å². The van der Waals surface area contributed by atoms with Crippen molar-refractivity contribution in [3.63, 3.8) is 0 Å². The van der Waals surface area contributed by atoms with Gasteiger partial charge in [-0.05, 0) is 48.2 Å². The van der Waals surface area contributed by atoms with E-state index >= 15 is 0 Å². The van der Waals surface area contributed by atoms with E-state index in [0.29, 0.717) is 6.54 Å². The molecule has 0 aliphatic rings. The molecule has 3 unspecified atom stereocenters. The van der Waals surface area contributed by atoms with Crippen LogP contribution in [-0.2, 0) is 6.54 Å². The summed E-state index contributed by atoms with van der Waals surface area (Å²) < 4.78 is 1.81. The molecule has 0 aliphatic carbocycles. The van der Waals surface area contributed by atoms with Gasteiger partial charge in [-0.2, -0.15) is 0 Å². The third-order valence-corrected chi connectivity index (χ3v) is 5.87. The van der Waals surface area contributed by atoms with Crippen LogP contribution >= 0.6 is 0 Å². The van der Waals surface area contributed by atoms with Crippen molar-refractivity contribution in [2.24, 2.45) is 5.73 Å². The minimum atomic E-state index is -0.576. The van der Waals surface area contributed by atoms with Crippen molar-refractivity contribution < 1.29 is 5.11 Å². The molecule has 4 aromatic rings. The molecule has 4 rings (SSSR count). The summed E-state index contributed by atoms with van der Waals surface area (Å²) in [5.41, 5.74) is 11.0. The summed E-state index contributed by atoms with van der Waals surface area (Å²) in [4.78, 5) is 13.2. The van der Waals surface area contributed by atoms with Gasteiger partial charge in [0.25, 0.3) is 5.56 Å². The molecular formula is C27H28N2O2. The molecule has 158 valence electrons. The van der Waals surface area contributed by atoms with Gasteiger partial charge in [-0.1, -0.05) is 66.7 Å². The molecule has 1 aromatic heterocycles. The van der Waals surface area contributed by atoms with E-state index in [2.05, 4.69) is 6.07 Å². The van der Waals surface area contributed by atoms with Crippen LogP contribution in [0.15, 0.2) is 89.7 Å². The van der Waals surface area contributed by atoms with Crippen LogP contribution in [0.25, 0.3) is 22.0 Å². The molecule has 4 nitrogen and oxygen atoms in total. The molecule has 0 saturated heterocycles. The lowest BCUT2D eigenvalue weighted by atomic mass is 9.87. The number of nitrogens with two attached hydrogens (primary N) is 1. The van der Waals surface area contributed by atoms with Gasteiger partial charge in [0.15, 0.2) is 0 Å². The predicted octanol–water partition coefficient (Wildman–Crippen LogP) is 4.53. The van der Waals surface area contributed by atoms with E-state index in [-0.39, 0.29) is 17.5 Å². The lowest BCUT2D eigenvalue weighted by Gasteiger charge is -2.25. The van der Waals surface area contributed by atoms with Gasteiger partial charge >= 0.3 is 0 Å². The maximum absolute atomic E-state index is 13.2. The van der Waals surface area contributed by atoms with Gasteiger partial charge in [0, 0.05) is 23.4 Å². The van der Waals surface area contributed by atoms with Crippen molar-refractivity contribution in [1.82, 2.24) is 4.57 Å². The van der Waals surface area contributed by atoms with Gasteiger partial charge in [0.05, 0.1) is 18.2 Å². The molecule has 3 aromatic carbocycles. The van der Waals surface area contributed by atoms with Crippen LogP contribution in [0.1, 0.15) is 30.9 Å². The second-order valence-corrected chi connectivity index (χ2v) is 8.24. The summed E-state index contributed by atoms with van der Waals surface area (Å²) in [5, 5.41) is 11.3. The Morgan fingerprint density at radius 3 is 2.16 bits per heavy atom. The summed E-state index contributed by atoms with van der Waals surface area (Å²) in [6.07, 6.45) is -0.576. The highest BCUT2D eigenvalue weighted by Gasteiger charge is 2.23. The Labute approximate surface area is 182 Å². The normalized spacial score (nSPS) is 14.3. The Morgan fingerprint density at radius 2 is 1.55 bits per heavy atom. The highest BCUT2D eigenvalue weighted by atomic mass is 16.3. The minimum absolute atomic E-state index is 0.0396. The molecule has 0 fully saturated rings. The Hall–Kier alpha value is -3.21. The third kappa shape index (κ3) is 4.31. The summed E-state index contributed by atoms with van der Waals surface area (Å²) >= 11 is 0. The monoisotopic (exact) mass is 412 g/mol. The molecule has 0 amide bonds. The number of benzene rings is 3. The average molecular weight is 413 g/mol. The molecule has 0 bridgehead atoms. The number of hydrogen-bond acceptors (Lipinski definition) is 3. The van der Waals surface area contributed by atoms with Crippen molar-refractivity contribution in [3.05, 3.63) is 106 Å². The Morgan fingerprint density at radius 1 is 0.903 bits per heavy atom. The van der Waals surface area contributed by atoms with Gasteiger partial charge < -0.3 is 15.4 Å². The molecule has 0 saturated carbocycles. The van der Waals surface area contributed by atoms with Gasteiger partial charge in [0.1, 0.15) is 0 Å². The zero-order valence-electron chi connectivity index (χ0n) is 17.9. The second-order valence-electron chi connectivity index (χ2n) is 8.24. The van der Waals surface area contributed by atoms with Crippen LogP contribution < -0.4 is 11.3 Å². The molecule has 31 heavy (non-hydrogen) atoms. The fourth-order valence-corrected chi connectivity index (χ4v) is 4.42. The Balaban J connectivity index is 1.97. The van der Waals surface area contributed by atoms with Gasteiger partial charge in [-0.3, -0.25) is 4.79 Å². The van der Waals surface area contributed by atoms with E-state index in [1.54, 1.807) is 13.0 Å². The SMILES string of the molecule is CC(N)C(c1ccc2c(c1)c(-c1ccccc1)cc(=O)n2Cc1ccccc1)C(C)O. The van der Waals surface area contributed by atoms with Crippen LogP contribution in [-0.4, -0.2) is 21.8 Å². The van der Waals surface area contributed by atoms with Crippen LogP contribution in [0.2, 0.25) is 0 Å². The highest BCUT2D eigenvalue weighted by molar-refractivity contribution is 5.95. The van der Waals surface area contributed by atoms with E-state index in [4.69, 9.17) is 5.73 Å². The first-order valence-electron chi connectivity index (χ1n) is 10.7. The molecule has 3 atom stereocenters. The summed E-state index contributed by atoms with van der Waals surface area (Å²) in [6, 6.07) is 27.5. The topological polar surface area (TPSA) is 68.2 Å². The first-order valence-corrected chi connectivity index (χ1v) is 10.7. The third-order valence-electron chi connectivity index (χ3n) is 5.87. The predicted molar refractivity (Wildman–Crippen MR) is 127 cm³/mol. The van der Waals surface area contributed by atoms with Gasteiger partial charge in [0.2, 0.25) is 0 Å². The standard InChI is InChI=1S/C27H28N2O2/c1-18(28)27(19(2)30)22-13-14-25-24(15-22)23(21-11-7-4-8-12-21)16-26(31)29(25)17-20-9-5-3-6-10-20/h3-16,18-19,27,30H,17,28H2,1-2H3. The lowest BCUT2D eigenvalue weighted by Crippen LogP contribution is -2.32. The second kappa shape index (κ2) is 8.88. The van der Waals surface area contributed by atoms with Crippen LogP contribution in [0.4, 0.5) is 0 Å². The van der Waals surface area contributed by atoms with Crippen molar-refractivity contribution in [1.29, 1.82) is 0 Å². The van der Waals surface area contributed by atoms with E-state index in [0.717, 1.165) is 33.2 Å². The molecule has 0 aliphatic heterocycles. The minimum Gasteiger partial charge on any atom is -0.393 e. The smallest absolute Gasteiger partial charge is 0.251 e.